The Labute approximate surface area is 96.0 Å². The lowest BCUT2D eigenvalue weighted by molar-refractivity contribution is -0.136. The molecule has 0 amide bonds. The van der Waals surface area contributed by atoms with Crippen LogP contribution >= 0.6 is 22.9 Å². The Morgan fingerprint density at radius 1 is 1.67 bits per heavy atom. The Balaban J connectivity index is 2.38. The SMILES string of the molecule is Cc1ccsc1/C=C1/C(=O)ON=C1CCl. The summed E-state index contributed by atoms with van der Waals surface area (Å²) in [6.07, 6.45) is 1.77. The molecule has 1 aromatic heterocycles. The number of rotatable bonds is 2. The zero-order valence-corrected chi connectivity index (χ0v) is 9.56. The molecule has 1 aliphatic rings. The van der Waals surface area contributed by atoms with E-state index >= 15 is 0 Å². The molecule has 5 heteroatoms. The van der Waals surface area contributed by atoms with Crippen LogP contribution in [0, 0.1) is 6.92 Å². The van der Waals surface area contributed by atoms with Gasteiger partial charge in [0, 0.05) is 4.88 Å². The van der Waals surface area contributed by atoms with Crippen molar-refractivity contribution in [3.8, 4) is 0 Å². The summed E-state index contributed by atoms with van der Waals surface area (Å²) in [6, 6.07) is 1.99. The van der Waals surface area contributed by atoms with E-state index in [2.05, 4.69) is 9.99 Å². The minimum atomic E-state index is -0.432. The van der Waals surface area contributed by atoms with E-state index in [1.807, 2.05) is 18.4 Å². The first-order valence-electron chi connectivity index (χ1n) is 4.32. The molecular formula is C10H8ClNO2S. The highest BCUT2D eigenvalue weighted by Gasteiger charge is 2.24. The topological polar surface area (TPSA) is 38.7 Å². The lowest BCUT2D eigenvalue weighted by Crippen LogP contribution is -2.06. The zero-order chi connectivity index (χ0) is 10.8. The predicted molar refractivity (Wildman–Crippen MR) is 61.3 cm³/mol. The van der Waals surface area contributed by atoms with Crippen LogP contribution in [0.15, 0.2) is 22.2 Å². The molecule has 0 bridgehead atoms. The van der Waals surface area contributed by atoms with Crippen molar-refractivity contribution in [2.24, 2.45) is 5.16 Å². The number of aryl methyl sites for hydroxylation is 1. The fourth-order valence-corrected chi connectivity index (χ4v) is 2.27. The molecule has 1 aromatic rings. The lowest BCUT2D eigenvalue weighted by atomic mass is 10.1. The van der Waals surface area contributed by atoms with Crippen molar-refractivity contribution < 1.29 is 9.63 Å². The van der Waals surface area contributed by atoms with Crippen molar-refractivity contribution in [3.05, 3.63) is 27.5 Å². The highest BCUT2D eigenvalue weighted by atomic mass is 35.5. The number of nitrogens with zero attached hydrogens (tertiary/aromatic N) is 1. The maximum absolute atomic E-state index is 11.3. The van der Waals surface area contributed by atoms with E-state index in [4.69, 9.17) is 11.6 Å². The number of carbonyl (C=O) groups excluding carboxylic acids is 1. The van der Waals surface area contributed by atoms with Crippen LogP contribution < -0.4 is 0 Å². The van der Waals surface area contributed by atoms with E-state index in [9.17, 15) is 4.79 Å². The first-order chi connectivity index (χ1) is 7.22. The van der Waals surface area contributed by atoms with Crippen LogP contribution in [0.4, 0.5) is 0 Å². The van der Waals surface area contributed by atoms with E-state index in [1.54, 1.807) is 17.4 Å². The molecule has 0 radical (unpaired) electrons. The summed E-state index contributed by atoms with van der Waals surface area (Å²) >= 11 is 7.22. The van der Waals surface area contributed by atoms with Crippen molar-refractivity contribution in [1.82, 2.24) is 0 Å². The van der Waals surface area contributed by atoms with Crippen LogP contribution in [0.3, 0.4) is 0 Å². The van der Waals surface area contributed by atoms with Gasteiger partial charge in [-0.25, -0.2) is 4.79 Å². The van der Waals surface area contributed by atoms with Gasteiger partial charge in [-0.3, -0.25) is 0 Å². The highest BCUT2D eigenvalue weighted by Crippen LogP contribution is 2.22. The van der Waals surface area contributed by atoms with E-state index in [0.717, 1.165) is 10.4 Å². The van der Waals surface area contributed by atoms with Crippen molar-refractivity contribution in [3.63, 3.8) is 0 Å². The number of halogens is 1. The maximum Gasteiger partial charge on any atom is 0.367 e. The largest absolute Gasteiger partial charge is 0.367 e. The van der Waals surface area contributed by atoms with Gasteiger partial charge in [-0.1, -0.05) is 5.16 Å². The van der Waals surface area contributed by atoms with Crippen molar-refractivity contribution in [2.75, 3.05) is 5.88 Å². The molecule has 2 heterocycles. The second-order valence-electron chi connectivity index (χ2n) is 3.08. The number of thiophene rings is 1. The van der Waals surface area contributed by atoms with E-state index < -0.39 is 5.97 Å². The molecule has 0 aliphatic carbocycles. The third kappa shape index (κ3) is 1.96. The van der Waals surface area contributed by atoms with Crippen LogP contribution in [-0.2, 0) is 9.63 Å². The van der Waals surface area contributed by atoms with Gasteiger partial charge >= 0.3 is 5.97 Å². The third-order valence-corrected chi connectivity index (χ3v) is 3.29. The summed E-state index contributed by atoms with van der Waals surface area (Å²) < 4.78 is 0. The molecular weight excluding hydrogens is 234 g/mol. The molecule has 15 heavy (non-hydrogen) atoms. The average Bonchev–Trinajstić information content (AvgIpc) is 2.77. The monoisotopic (exact) mass is 241 g/mol. The third-order valence-electron chi connectivity index (χ3n) is 2.07. The Bertz CT molecular complexity index is 462. The quantitative estimate of drug-likeness (QED) is 0.454. The number of carbonyl (C=O) groups is 1. The van der Waals surface area contributed by atoms with Gasteiger partial charge in [-0.2, -0.15) is 0 Å². The first-order valence-corrected chi connectivity index (χ1v) is 5.74. The molecule has 0 spiro atoms. The normalized spacial score (nSPS) is 18.1. The molecule has 78 valence electrons. The lowest BCUT2D eigenvalue weighted by Gasteiger charge is -1.94. The first kappa shape index (κ1) is 10.4. The van der Waals surface area contributed by atoms with Crippen LogP contribution in [-0.4, -0.2) is 17.6 Å². The average molecular weight is 242 g/mol. The molecule has 2 rings (SSSR count). The van der Waals surface area contributed by atoms with Gasteiger partial charge < -0.3 is 4.84 Å². The van der Waals surface area contributed by atoms with Crippen LogP contribution in [0.25, 0.3) is 6.08 Å². The Morgan fingerprint density at radius 3 is 3.07 bits per heavy atom. The second kappa shape index (κ2) is 4.16. The molecule has 1 aliphatic heterocycles. The number of alkyl halides is 1. The standard InChI is InChI=1S/C10H8ClNO2S/c1-6-2-3-15-9(6)4-7-8(5-11)12-14-10(7)13/h2-4H,5H2,1H3/b7-4+. The summed E-state index contributed by atoms with van der Waals surface area (Å²) in [6.45, 7) is 1.99. The van der Waals surface area contributed by atoms with Crippen molar-refractivity contribution in [1.29, 1.82) is 0 Å². The summed E-state index contributed by atoms with van der Waals surface area (Å²) in [5.41, 5.74) is 2.08. The fourth-order valence-electron chi connectivity index (χ4n) is 1.21. The molecule has 0 aromatic carbocycles. The van der Waals surface area contributed by atoms with E-state index in [1.165, 1.54) is 0 Å². The predicted octanol–water partition coefficient (Wildman–Crippen LogP) is 2.59. The molecule has 0 saturated carbocycles. The van der Waals surface area contributed by atoms with E-state index in [-0.39, 0.29) is 5.88 Å². The van der Waals surface area contributed by atoms with Crippen molar-refractivity contribution >= 4 is 40.7 Å². The second-order valence-corrected chi connectivity index (χ2v) is 4.29. The van der Waals surface area contributed by atoms with Crippen LogP contribution in [0.5, 0.6) is 0 Å². The summed E-state index contributed by atoms with van der Waals surface area (Å²) in [4.78, 5) is 16.9. The van der Waals surface area contributed by atoms with Crippen LogP contribution in [0.2, 0.25) is 0 Å². The zero-order valence-electron chi connectivity index (χ0n) is 7.99. The van der Waals surface area contributed by atoms with Gasteiger partial charge in [0.05, 0.1) is 11.5 Å². The smallest absolute Gasteiger partial charge is 0.312 e. The maximum atomic E-state index is 11.3. The fraction of sp³-hybridized carbons (Fsp3) is 0.200. The Kier molecular flexibility index (Phi) is 2.88. The highest BCUT2D eigenvalue weighted by molar-refractivity contribution is 7.11. The van der Waals surface area contributed by atoms with Gasteiger partial charge in [0.15, 0.2) is 0 Å². The Hall–Kier alpha value is -1.13. The summed E-state index contributed by atoms with van der Waals surface area (Å²) in [7, 11) is 0. The molecule has 0 unspecified atom stereocenters. The van der Waals surface area contributed by atoms with Crippen LogP contribution in [0.1, 0.15) is 10.4 Å². The number of hydrogen-bond donors (Lipinski definition) is 0. The van der Waals surface area contributed by atoms with Crippen molar-refractivity contribution in [2.45, 2.75) is 6.92 Å². The summed E-state index contributed by atoms with van der Waals surface area (Å²) in [5.74, 6) is -0.249. The van der Waals surface area contributed by atoms with Gasteiger partial charge in [0.2, 0.25) is 0 Å². The molecule has 0 saturated heterocycles. The minimum Gasteiger partial charge on any atom is -0.312 e. The number of oxime groups is 1. The molecule has 0 N–H and O–H groups in total. The minimum absolute atomic E-state index is 0.183. The van der Waals surface area contributed by atoms with Gasteiger partial charge in [-0.15, -0.1) is 22.9 Å². The van der Waals surface area contributed by atoms with Gasteiger partial charge in [-0.05, 0) is 30.0 Å². The Morgan fingerprint density at radius 2 is 2.47 bits per heavy atom. The number of hydrogen-bond acceptors (Lipinski definition) is 4. The molecule has 0 fully saturated rings. The summed E-state index contributed by atoms with van der Waals surface area (Å²) in [5, 5.41) is 5.57. The molecule has 0 atom stereocenters. The van der Waals surface area contributed by atoms with E-state index in [0.29, 0.717) is 11.3 Å². The molecule has 3 nitrogen and oxygen atoms in total. The van der Waals surface area contributed by atoms with Gasteiger partial charge in [0.25, 0.3) is 0 Å². The van der Waals surface area contributed by atoms with Gasteiger partial charge in [0.1, 0.15) is 5.71 Å².